The van der Waals surface area contributed by atoms with Crippen molar-refractivity contribution in [1.82, 2.24) is 0 Å². The summed E-state index contributed by atoms with van der Waals surface area (Å²) < 4.78 is 0. The van der Waals surface area contributed by atoms with E-state index in [0.29, 0.717) is 21.2 Å². The molecule has 0 spiro atoms. The van der Waals surface area contributed by atoms with Crippen molar-refractivity contribution in [2.24, 2.45) is 0 Å². The normalized spacial score (nSPS) is 10.1. The van der Waals surface area contributed by atoms with E-state index in [9.17, 15) is 4.79 Å². The molecule has 0 aliphatic carbocycles. The van der Waals surface area contributed by atoms with Gasteiger partial charge in [-0.2, -0.15) is 0 Å². The first kappa shape index (κ1) is 13.2. The minimum atomic E-state index is -0.115. The van der Waals surface area contributed by atoms with Gasteiger partial charge in [0.1, 0.15) is 0 Å². The molecule has 0 amide bonds. The molecule has 0 bridgehead atoms. The Labute approximate surface area is 120 Å². The Bertz CT molecular complexity index is 585. The third-order valence-corrected chi connectivity index (χ3v) is 3.14. The number of thiocarbonyl (C=S) groups is 1. The lowest BCUT2D eigenvalue weighted by molar-refractivity contribution is 0.103. The lowest BCUT2D eigenvalue weighted by Gasteiger charge is -2.03. The number of benzene rings is 2. The largest absolute Gasteiger partial charge is 0.289 e. The summed E-state index contributed by atoms with van der Waals surface area (Å²) in [6, 6.07) is 11.9. The predicted molar refractivity (Wildman–Crippen MR) is 79.1 cm³/mol. The second-order valence-corrected chi connectivity index (χ2v) is 4.84. The summed E-state index contributed by atoms with van der Waals surface area (Å²) in [7, 11) is 0. The van der Waals surface area contributed by atoms with Crippen LogP contribution >= 0.6 is 35.4 Å². The van der Waals surface area contributed by atoms with Crippen molar-refractivity contribution in [1.29, 1.82) is 0 Å². The van der Waals surface area contributed by atoms with Gasteiger partial charge in [-0.1, -0.05) is 59.7 Å². The fourth-order valence-electron chi connectivity index (χ4n) is 1.56. The monoisotopic (exact) mass is 294 g/mol. The lowest BCUT2D eigenvalue weighted by Crippen LogP contribution is -2.01. The fourth-order valence-corrected chi connectivity index (χ4v) is 2.25. The van der Waals surface area contributed by atoms with Gasteiger partial charge >= 0.3 is 0 Å². The van der Waals surface area contributed by atoms with E-state index in [1.54, 1.807) is 47.8 Å². The molecule has 4 heteroatoms. The average molecular weight is 295 g/mol. The second-order valence-electron chi connectivity index (χ2n) is 3.73. The van der Waals surface area contributed by atoms with Crippen LogP contribution in [-0.2, 0) is 0 Å². The van der Waals surface area contributed by atoms with Gasteiger partial charge in [0.25, 0.3) is 0 Å². The maximum absolute atomic E-state index is 12.2. The van der Waals surface area contributed by atoms with Gasteiger partial charge in [0.15, 0.2) is 5.78 Å². The highest BCUT2D eigenvalue weighted by Gasteiger charge is 2.10. The molecule has 0 aliphatic heterocycles. The summed E-state index contributed by atoms with van der Waals surface area (Å²) in [6.45, 7) is 0. The molecule has 0 saturated heterocycles. The number of hydrogen-bond acceptors (Lipinski definition) is 2. The Balaban J connectivity index is 2.37. The molecule has 1 nitrogen and oxygen atoms in total. The van der Waals surface area contributed by atoms with Crippen LogP contribution in [0.25, 0.3) is 0 Å². The molecule has 18 heavy (non-hydrogen) atoms. The molecule has 90 valence electrons. The highest BCUT2D eigenvalue weighted by atomic mass is 35.5. The maximum atomic E-state index is 12.2. The maximum Gasteiger partial charge on any atom is 0.193 e. The van der Waals surface area contributed by atoms with Crippen molar-refractivity contribution in [2.45, 2.75) is 0 Å². The molecular weight excluding hydrogens is 287 g/mol. The van der Waals surface area contributed by atoms with E-state index < -0.39 is 0 Å². The van der Waals surface area contributed by atoms with E-state index in [1.807, 2.05) is 0 Å². The quantitative estimate of drug-likeness (QED) is 0.609. The van der Waals surface area contributed by atoms with Crippen LogP contribution in [0.1, 0.15) is 21.5 Å². The van der Waals surface area contributed by atoms with Crippen LogP contribution in [0.4, 0.5) is 0 Å². The number of hydrogen-bond donors (Lipinski definition) is 0. The van der Waals surface area contributed by atoms with E-state index in [-0.39, 0.29) is 5.78 Å². The van der Waals surface area contributed by atoms with Crippen molar-refractivity contribution >= 4 is 46.6 Å². The van der Waals surface area contributed by atoms with Crippen LogP contribution in [0.15, 0.2) is 42.5 Å². The molecule has 0 unspecified atom stereocenters. The first-order chi connectivity index (χ1) is 8.60. The zero-order chi connectivity index (χ0) is 13.1. The minimum Gasteiger partial charge on any atom is -0.289 e. The van der Waals surface area contributed by atoms with Gasteiger partial charge in [-0.25, -0.2) is 0 Å². The van der Waals surface area contributed by atoms with Gasteiger partial charge in [-0.15, -0.1) is 0 Å². The second kappa shape index (κ2) is 5.61. The zero-order valence-corrected chi connectivity index (χ0v) is 11.5. The summed E-state index contributed by atoms with van der Waals surface area (Å²) in [5, 5.41) is 2.45. The molecule has 0 N–H and O–H groups in total. The van der Waals surface area contributed by atoms with Crippen molar-refractivity contribution in [3.8, 4) is 0 Å². The molecule has 0 heterocycles. The molecule has 2 aromatic rings. The van der Waals surface area contributed by atoms with E-state index >= 15 is 0 Å². The SMILES string of the molecule is O=C(c1ccc(C=S)cc1)c1cc(Cl)cc(Cl)c1. The van der Waals surface area contributed by atoms with Crippen molar-refractivity contribution in [3.63, 3.8) is 0 Å². The lowest BCUT2D eigenvalue weighted by atomic mass is 10.0. The van der Waals surface area contributed by atoms with Crippen LogP contribution in [0.5, 0.6) is 0 Å². The number of carbonyl (C=O) groups excluding carboxylic acids is 1. The zero-order valence-electron chi connectivity index (χ0n) is 9.19. The summed E-state index contributed by atoms with van der Waals surface area (Å²) in [4.78, 5) is 12.2. The van der Waals surface area contributed by atoms with E-state index in [4.69, 9.17) is 35.4 Å². The van der Waals surface area contributed by atoms with E-state index in [1.165, 1.54) is 0 Å². The smallest absolute Gasteiger partial charge is 0.193 e. The van der Waals surface area contributed by atoms with Gasteiger partial charge in [-0.3, -0.25) is 4.79 Å². The summed E-state index contributed by atoms with van der Waals surface area (Å²) in [5.74, 6) is -0.115. The molecule has 0 atom stereocenters. The standard InChI is InChI=1S/C14H8Cl2OS/c15-12-5-11(6-13(16)7-12)14(17)10-3-1-9(8-18)2-4-10/h1-8H. The van der Waals surface area contributed by atoms with Crippen molar-refractivity contribution < 1.29 is 4.79 Å². The summed E-state index contributed by atoms with van der Waals surface area (Å²) in [6.07, 6.45) is 0. The first-order valence-electron chi connectivity index (χ1n) is 5.16. The summed E-state index contributed by atoms with van der Waals surface area (Å²) in [5.41, 5.74) is 1.95. The topological polar surface area (TPSA) is 17.1 Å². The Morgan fingerprint density at radius 1 is 0.944 bits per heavy atom. The highest BCUT2D eigenvalue weighted by Crippen LogP contribution is 2.21. The number of halogens is 2. The number of rotatable bonds is 3. The third kappa shape index (κ3) is 2.96. The molecule has 0 aliphatic rings. The van der Waals surface area contributed by atoms with Gasteiger partial charge in [0.2, 0.25) is 0 Å². The average Bonchev–Trinajstić information content (AvgIpc) is 2.37. The van der Waals surface area contributed by atoms with E-state index in [2.05, 4.69) is 0 Å². The summed E-state index contributed by atoms with van der Waals surface area (Å²) >= 11 is 16.6. The Kier molecular flexibility index (Phi) is 4.12. The number of ketones is 1. The van der Waals surface area contributed by atoms with Gasteiger partial charge in [0, 0.05) is 26.5 Å². The molecular formula is C14H8Cl2OS. The minimum absolute atomic E-state index is 0.115. The molecule has 0 aromatic heterocycles. The molecule has 0 saturated carbocycles. The number of carbonyl (C=O) groups is 1. The van der Waals surface area contributed by atoms with Gasteiger partial charge in [-0.05, 0) is 23.8 Å². The molecule has 2 aromatic carbocycles. The van der Waals surface area contributed by atoms with Crippen LogP contribution < -0.4 is 0 Å². The van der Waals surface area contributed by atoms with Crippen molar-refractivity contribution in [3.05, 3.63) is 69.2 Å². The van der Waals surface area contributed by atoms with Crippen LogP contribution in [0.2, 0.25) is 10.0 Å². The molecule has 0 fully saturated rings. The fraction of sp³-hybridized carbons (Fsp3) is 0. The Hall–Kier alpha value is -1.22. The predicted octanol–water partition coefficient (Wildman–Crippen LogP) is 4.57. The van der Waals surface area contributed by atoms with Gasteiger partial charge < -0.3 is 0 Å². The Morgan fingerprint density at radius 2 is 1.50 bits per heavy atom. The molecule has 0 radical (unpaired) electrons. The van der Waals surface area contributed by atoms with Crippen LogP contribution in [0, 0.1) is 0 Å². The van der Waals surface area contributed by atoms with Gasteiger partial charge in [0.05, 0.1) is 0 Å². The van der Waals surface area contributed by atoms with Crippen LogP contribution in [0.3, 0.4) is 0 Å². The third-order valence-electron chi connectivity index (χ3n) is 2.43. The van der Waals surface area contributed by atoms with Crippen molar-refractivity contribution in [2.75, 3.05) is 0 Å². The van der Waals surface area contributed by atoms with Crippen LogP contribution in [-0.4, -0.2) is 11.2 Å². The molecule has 2 rings (SSSR count). The van der Waals surface area contributed by atoms with E-state index in [0.717, 1.165) is 5.56 Å². The first-order valence-corrected chi connectivity index (χ1v) is 6.39. The Morgan fingerprint density at radius 3 is 2.00 bits per heavy atom. The highest BCUT2D eigenvalue weighted by molar-refractivity contribution is 7.79.